The first-order valence-corrected chi connectivity index (χ1v) is 9.23. The highest BCUT2D eigenvalue weighted by molar-refractivity contribution is 7.98. The Morgan fingerprint density at radius 3 is 2.78 bits per heavy atom. The van der Waals surface area contributed by atoms with Gasteiger partial charge in [0.2, 0.25) is 11.9 Å². The van der Waals surface area contributed by atoms with E-state index in [2.05, 4.69) is 35.3 Å². The summed E-state index contributed by atoms with van der Waals surface area (Å²) in [6.07, 6.45) is 3.26. The summed E-state index contributed by atoms with van der Waals surface area (Å²) in [5.41, 5.74) is 7.40. The summed E-state index contributed by atoms with van der Waals surface area (Å²) < 4.78 is 1.70. The standard InChI is InChI=1S/C16H14ClN9S/c1-26-13-11(6-21-26)14(20-8-19-13)27-7-12-23-15(18)25-16(24-12)22-10-4-2-9(17)3-5-10/h2-6,8H,7H2,1H3,(H3,18,22,23,24,25). The quantitative estimate of drug-likeness (QED) is 0.385. The first-order chi connectivity index (χ1) is 13.1. The molecule has 11 heteroatoms. The van der Waals surface area contributed by atoms with Crippen LogP contribution in [-0.2, 0) is 12.8 Å². The lowest BCUT2D eigenvalue weighted by molar-refractivity contribution is 0.784. The molecule has 0 aliphatic carbocycles. The summed E-state index contributed by atoms with van der Waals surface area (Å²) in [6, 6.07) is 7.21. The number of hydrogen-bond donors (Lipinski definition) is 2. The van der Waals surface area contributed by atoms with Crippen LogP contribution in [0.5, 0.6) is 0 Å². The molecule has 4 rings (SSSR count). The van der Waals surface area contributed by atoms with Crippen molar-refractivity contribution in [1.82, 2.24) is 34.7 Å². The second-order valence-electron chi connectivity index (χ2n) is 5.54. The number of hydrogen-bond acceptors (Lipinski definition) is 9. The van der Waals surface area contributed by atoms with Gasteiger partial charge in [-0.15, -0.1) is 0 Å². The van der Waals surface area contributed by atoms with Gasteiger partial charge in [0.1, 0.15) is 17.2 Å². The van der Waals surface area contributed by atoms with Gasteiger partial charge in [-0.2, -0.15) is 20.1 Å². The minimum absolute atomic E-state index is 0.145. The molecule has 9 nitrogen and oxygen atoms in total. The number of halogens is 1. The average Bonchev–Trinajstić information content (AvgIpc) is 3.03. The van der Waals surface area contributed by atoms with E-state index in [0.717, 1.165) is 21.7 Å². The third-order valence-corrected chi connectivity index (χ3v) is 4.88. The van der Waals surface area contributed by atoms with Crippen molar-refractivity contribution < 1.29 is 0 Å². The maximum atomic E-state index is 5.90. The van der Waals surface area contributed by atoms with Crippen molar-refractivity contribution in [2.75, 3.05) is 11.1 Å². The number of aryl methyl sites for hydroxylation is 1. The Kier molecular flexibility index (Phi) is 4.73. The zero-order valence-corrected chi connectivity index (χ0v) is 15.7. The molecule has 1 aromatic carbocycles. The van der Waals surface area contributed by atoms with E-state index in [0.29, 0.717) is 22.5 Å². The molecule has 0 bridgehead atoms. The van der Waals surface area contributed by atoms with Crippen LogP contribution in [0.1, 0.15) is 5.82 Å². The van der Waals surface area contributed by atoms with E-state index in [1.165, 1.54) is 18.1 Å². The number of nitrogens with zero attached hydrogens (tertiary/aromatic N) is 7. The van der Waals surface area contributed by atoms with Crippen LogP contribution in [-0.4, -0.2) is 34.7 Å². The molecule has 0 amide bonds. The second kappa shape index (κ2) is 7.33. The summed E-state index contributed by atoms with van der Waals surface area (Å²) in [7, 11) is 1.84. The van der Waals surface area contributed by atoms with Crippen LogP contribution in [0.3, 0.4) is 0 Å². The van der Waals surface area contributed by atoms with Crippen molar-refractivity contribution >= 4 is 52.0 Å². The van der Waals surface area contributed by atoms with Gasteiger partial charge in [-0.05, 0) is 24.3 Å². The monoisotopic (exact) mass is 399 g/mol. The smallest absolute Gasteiger partial charge is 0.232 e. The van der Waals surface area contributed by atoms with E-state index in [9.17, 15) is 0 Å². The number of thioether (sulfide) groups is 1. The number of benzene rings is 1. The van der Waals surface area contributed by atoms with E-state index in [1.807, 2.05) is 19.2 Å². The maximum absolute atomic E-state index is 5.90. The Balaban J connectivity index is 1.53. The highest BCUT2D eigenvalue weighted by atomic mass is 35.5. The Bertz CT molecular complexity index is 1100. The van der Waals surface area contributed by atoms with Crippen molar-refractivity contribution in [3.8, 4) is 0 Å². The summed E-state index contributed by atoms with van der Waals surface area (Å²) >= 11 is 7.38. The maximum Gasteiger partial charge on any atom is 0.232 e. The van der Waals surface area contributed by atoms with Gasteiger partial charge >= 0.3 is 0 Å². The van der Waals surface area contributed by atoms with Crippen molar-refractivity contribution in [2.45, 2.75) is 10.8 Å². The molecule has 0 atom stereocenters. The van der Waals surface area contributed by atoms with Gasteiger partial charge in [0, 0.05) is 17.8 Å². The van der Waals surface area contributed by atoms with Crippen LogP contribution in [0.2, 0.25) is 5.02 Å². The fourth-order valence-corrected chi connectivity index (χ4v) is 3.35. The number of anilines is 3. The SMILES string of the molecule is Cn1ncc2c(SCc3nc(N)nc(Nc4ccc(Cl)cc4)n3)ncnc21. The molecular formula is C16H14ClN9S. The molecule has 3 aromatic heterocycles. The molecule has 0 radical (unpaired) electrons. The van der Waals surface area contributed by atoms with E-state index >= 15 is 0 Å². The van der Waals surface area contributed by atoms with Crippen LogP contribution < -0.4 is 11.1 Å². The Morgan fingerprint density at radius 1 is 1.15 bits per heavy atom. The van der Waals surface area contributed by atoms with Gasteiger partial charge in [-0.3, -0.25) is 4.68 Å². The lowest BCUT2D eigenvalue weighted by Gasteiger charge is -2.07. The van der Waals surface area contributed by atoms with Crippen molar-refractivity contribution in [2.24, 2.45) is 7.05 Å². The second-order valence-corrected chi connectivity index (χ2v) is 6.94. The number of rotatable bonds is 5. The normalized spacial score (nSPS) is 11.0. The van der Waals surface area contributed by atoms with Gasteiger partial charge in [0.05, 0.1) is 17.3 Å². The predicted molar refractivity (Wildman–Crippen MR) is 105 cm³/mol. The van der Waals surface area contributed by atoms with Crippen molar-refractivity contribution in [1.29, 1.82) is 0 Å². The molecule has 4 aromatic rings. The molecule has 0 aliphatic heterocycles. The third-order valence-electron chi connectivity index (χ3n) is 3.63. The van der Waals surface area contributed by atoms with E-state index in [1.54, 1.807) is 23.0 Å². The first kappa shape index (κ1) is 17.4. The van der Waals surface area contributed by atoms with Crippen LogP contribution in [0, 0.1) is 0 Å². The van der Waals surface area contributed by atoms with Crippen molar-refractivity contribution in [3.05, 3.63) is 47.6 Å². The summed E-state index contributed by atoms with van der Waals surface area (Å²) in [4.78, 5) is 21.3. The van der Waals surface area contributed by atoms with Crippen LogP contribution in [0.25, 0.3) is 11.0 Å². The molecule has 0 aliphatic rings. The van der Waals surface area contributed by atoms with Crippen LogP contribution in [0.4, 0.5) is 17.6 Å². The number of nitrogen functional groups attached to an aromatic ring is 1. The Morgan fingerprint density at radius 2 is 1.96 bits per heavy atom. The highest BCUT2D eigenvalue weighted by Crippen LogP contribution is 2.26. The average molecular weight is 400 g/mol. The fraction of sp³-hybridized carbons (Fsp3) is 0.125. The van der Waals surface area contributed by atoms with E-state index in [-0.39, 0.29) is 5.95 Å². The Labute approximate surface area is 163 Å². The van der Waals surface area contributed by atoms with Gasteiger partial charge in [0.15, 0.2) is 5.65 Å². The number of nitrogens with one attached hydrogen (secondary N) is 1. The van der Waals surface area contributed by atoms with Gasteiger partial charge < -0.3 is 11.1 Å². The Hall–Kier alpha value is -2.98. The van der Waals surface area contributed by atoms with Crippen molar-refractivity contribution in [3.63, 3.8) is 0 Å². The molecule has 0 unspecified atom stereocenters. The molecule has 27 heavy (non-hydrogen) atoms. The van der Waals surface area contributed by atoms with Crippen LogP contribution >= 0.6 is 23.4 Å². The lowest BCUT2D eigenvalue weighted by Crippen LogP contribution is -2.06. The number of aromatic nitrogens is 7. The third kappa shape index (κ3) is 3.91. The highest BCUT2D eigenvalue weighted by Gasteiger charge is 2.11. The predicted octanol–water partition coefficient (Wildman–Crippen LogP) is 2.82. The molecule has 0 fully saturated rings. The molecule has 0 saturated carbocycles. The minimum Gasteiger partial charge on any atom is -0.368 e. The zero-order valence-electron chi connectivity index (χ0n) is 14.2. The molecular weight excluding hydrogens is 386 g/mol. The molecule has 3 N–H and O–H groups in total. The minimum atomic E-state index is 0.145. The van der Waals surface area contributed by atoms with Gasteiger partial charge in [-0.25, -0.2) is 9.97 Å². The van der Waals surface area contributed by atoms with E-state index < -0.39 is 0 Å². The van der Waals surface area contributed by atoms with Crippen LogP contribution in [0.15, 0.2) is 41.8 Å². The topological polar surface area (TPSA) is 120 Å². The largest absolute Gasteiger partial charge is 0.368 e. The summed E-state index contributed by atoms with van der Waals surface area (Å²) in [5.74, 6) is 1.53. The van der Waals surface area contributed by atoms with Gasteiger partial charge in [-0.1, -0.05) is 23.4 Å². The van der Waals surface area contributed by atoms with Gasteiger partial charge in [0.25, 0.3) is 0 Å². The number of nitrogens with two attached hydrogens (primary N) is 1. The molecule has 0 spiro atoms. The van der Waals surface area contributed by atoms with E-state index in [4.69, 9.17) is 17.3 Å². The molecule has 136 valence electrons. The summed E-state index contributed by atoms with van der Waals surface area (Å²) in [5, 5.41) is 9.65. The fourth-order valence-electron chi connectivity index (χ4n) is 2.41. The first-order valence-electron chi connectivity index (χ1n) is 7.87. The summed E-state index contributed by atoms with van der Waals surface area (Å²) in [6.45, 7) is 0. The zero-order chi connectivity index (χ0) is 18.8. The molecule has 3 heterocycles. The lowest BCUT2D eigenvalue weighted by atomic mass is 10.3. The molecule has 0 saturated heterocycles. The number of fused-ring (bicyclic) bond motifs is 1.